The molecular weight excluding hydrogens is 1070 g/mol. The summed E-state index contributed by atoms with van der Waals surface area (Å²) >= 11 is 0. The van der Waals surface area contributed by atoms with Gasteiger partial charge in [-0.2, -0.15) is 0 Å². The number of hydrogen-bond donors (Lipinski definition) is 1. The summed E-state index contributed by atoms with van der Waals surface area (Å²) in [6, 6.07) is -0.906. The van der Waals surface area contributed by atoms with Crippen LogP contribution >= 0.6 is 7.82 Å². The number of hydrogen-bond acceptors (Lipinski definition) is 7. The molecule has 0 aromatic heterocycles. The van der Waals surface area contributed by atoms with Crippen LogP contribution in [0.25, 0.3) is 0 Å². The summed E-state index contributed by atoms with van der Waals surface area (Å²) < 4.78 is 30.4. The number of nitrogens with zero attached hydrogens (tertiary/aromatic N) is 1. The minimum absolute atomic E-state index is 0.0297. The van der Waals surface area contributed by atoms with Crippen molar-refractivity contribution in [3.8, 4) is 0 Å². The molecule has 0 aromatic rings. The molecule has 1 N–H and O–H groups in total. The van der Waals surface area contributed by atoms with Gasteiger partial charge in [-0.1, -0.05) is 299 Å². The van der Waals surface area contributed by atoms with Gasteiger partial charge in [0.15, 0.2) is 0 Å². The van der Waals surface area contributed by atoms with Crippen molar-refractivity contribution in [1.29, 1.82) is 0 Å². The van der Waals surface area contributed by atoms with Crippen molar-refractivity contribution >= 4 is 19.7 Å². The first-order valence-corrected chi connectivity index (χ1v) is 37.4. The molecule has 0 rings (SSSR count). The van der Waals surface area contributed by atoms with Crippen molar-refractivity contribution in [3.63, 3.8) is 0 Å². The van der Waals surface area contributed by atoms with Crippen LogP contribution in [0.5, 0.6) is 0 Å². The van der Waals surface area contributed by atoms with Crippen molar-refractivity contribution in [3.05, 3.63) is 85.1 Å². The van der Waals surface area contributed by atoms with Crippen LogP contribution in [0.4, 0.5) is 0 Å². The Morgan fingerprint density at radius 3 is 1.15 bits per heavy atom. The molecule has 0 fully saturated rings. The maximum absolute atomic E-state index is 13.6. The second-order valence-corrected chi connectivity index (χ2v) is 26.8. The number of allylic oxidation sites excluding steroid dienone is 13. The van der Waals surface area contributed by atoms with Gasteiger partial charge in [-0.3, -0.25) is 14.2 Å². The molecule has 9 nitrogen and oxygen atoms in total. The Kier molecular flexibility index (Phi) is 62.1. The van der Waals surface area contributed by atoms with Crippen molar-refractivity contribution in [2.75, 3.05) is 40.9 Å². The van der Waals surface area contributed by atoms with E-state index in [-0.39, 0.29) is 24.9 Å². The van der Waals surface area contributed by atoms with Gasteiger partial charge in [-0.15, -0.1) is 0 Å². The highest BCUT2D eigenvalue weighted by Gasteiger charge is 2.27. The average molecular weight is 1210 g/mol. The molecule has 0 bridgehead atoms. The normalized spacial score (nSPS) is 14.0. The Morgan fingerprint density at radius 1 is 0.424 bits per heavy atom. The van der Waals surface area contributed by atoms with E-state index in [0.717, 1.165) is 89.9 Å². The van der Waals surface area contributed by atoms with Gasteiger partial charge in [-0.05, 0) is 102 Å². The number of carbonyl (C=O) groups is 2. The fraction of sp³-hybridized carbons (Fsp3) is 0.787. The highest BCUT2D eigenvalue weighted by Crippen LogP contribution is 2.38. The summed E-state index contributed by atoms with van der Waals surface area (Å²) in [5, 5.41) is 3.04. The lowest BCUT2D eigenvalue weighted by molar-refractivity contribution is -0.870. The molecule has 0 heterocycles. The highest BCUT2D eigenvalue weighted by atomic mass is 31.2. The lowest BCUT2D eigenvalue weighted by Gasteiger charge is -2.30. The SMILES string of the molecule is CC/C=C\C/C=C\C/C=C\C/C=C\C/C=C\CCCCCC(=O)OC(/C=C\CCCCCCCCCCCCC)C(COP(=O)([O-])OCC[N+](C)(C)C)NC(=O)CCCCCCCCCCCCCCCCCCC/C=C/CCCCCCCC. The van der Waals surface area contributed by atoms with Gasteiger partial charge in [0.1, 0.15) is 19.3 Å². The van der Waals surface area contributed by atoms with E-state index in [0.29, 0.717) is 23.9 Å². The largest absolute Gasteiger partial charge is 0.756 e. The second-order valence-electron chi connectivity index (χ2n) is 25.4. The first-order chi connectivity index (χ1) is 41.4. The molecule has 85 heavy (non-hydrogen) atoms. The van der Waals surface area contributed by atoms with Gasteiger partial charge in [0.05, 0.1) is 33.8 Å². The zero-order chi connectivity index (χ0) is 62.1. The summed E-state index contributed by atoms with van der Waals surface area (Å²) in [5.74, 6) is -0.570. The molecule has 0 aliphatic heterocycles. The lowest BCUT2D eigenvalue weighted by atomic mass is 10.0. The molecule has 1 amide bonds. The molecule has 3 atom stereocenters. The molecule has 0 aliphatic carbocycles. The molecule has 10 heteroatoms. The van der Waals surface area contributed by atoms with Crippen molar-refractivity contribution in [2.24, 2.45) is 0 Å². The Hall–Kier alpha value is -2.81. The fourth-order valence-electron chi connectivity index (χ4n) is 10.3. The number of unbranched alkanes of at least 4 members (excludes halogenated alkanes) is 37. The van der Waals surface area contributed by atoms with Crippen LogP contribution in [-0.4, -0.2) is 69.4 Å². The van der Waals surface area contributed by atoms with Gasteiger partial charge < -0.3 is 28.5 Å². The zero-order valence-corrected chi connectivity index (χ0v) is 57.4. The molecule has 0 saturated heterocycles. The molecule has 0 saturated carbocycles. The van der Waals surface area contributed by atoms with E-state index >= 15 is 0 Å². The van der Waals surface area contributed by atoms with Gasteiger partial charge in [0, 0.05) is 12.8 Å². The third-order valence-electron chi connectivity index (χ3n) is 15.8. The van der Waals surface area contributed by atoms with Crippen LogP contribution in [0.3, 0.4) is 0 Å². The number of quaternary nitrogens is 1. The molecule has 0 aliphatic rings. The summed E-state index contributed by atoms with van der Waals surface area (Å²) in [7, 11) is 1.17. The van der Waals surface area contributed by atoms with Gasteiger partial charge in [-0.25, -0.2) is 0 Å². The van der Waals surface area contributed by atoms with E-state index in [9.17, 15) is 19.0 Å². The summed E-state index contributed by atoms with van der Waals surface area (Å²) in [6.45, 7) is 6.74. The first kappa shape index (κ1) is 82.2. The van der Waals surface area contributed by atoms with E-state index in [1.807, 2.05) is 33.3 Å². The monoisotopic (exact) mass is 1210 g/mol. The predicted molar refractivity (Wildman–Crippen MR) is 367 cm³/mol. The minimum atomic E-state index is -4.72. The van der Waals surface area contributed by atoms with Crippen LogP contribution in [0.15, 0.2) is 85.1 Å². The number of phosphoric acid groups is 1. The van der Waals surface area contributed by atoms with Gasteiger partial charge in [0.2, 0.25) is 5.91 Å². The standard InChI is InChI=1S/C75H137N2O7P/c1-7-10-13-16-19-22-25-28-30-32-34-35-36-37-38-39-40-41-43-44-46-49-52-55-58-61-64-67-74(78)76-72(71-83-85(80,81)82-70-69-77(4,5)6)73(66-63-60-57-54-51-48-27-24-21-18-15-12-9-3)84-75(79)68-65-62-59-56-53-50-47-45-42-33-31-29-26-23-20-17-14-11-8-2/h11,14,20,23,28-31,42,45,50,53,63,66,72-73H,7-10,12-13,15-19,21-22,24-27,32-41,43-44,46-49,51-52,54-62,64-65,67-71H2,1-6H3,(H-,76,78,80,81)/b14-11-,23-20-,30-28+,31-29-,45-42-,53-50-,66-63-. The number of phosphoric ester groups is 1. The third kappa shape index (κ3) is 65.5. The zero-order valence-electron chi connectivity index (χ0n) is 56.6. The van der Waals surface area contributed by atoms with Gasteiger partial charge >= 0.3 is 5.97 Å². The number of nitrogens with one attached hydrogen (secondary N) is 1. The number of esters is 1. The first-order valence-electron chi connectivity index (χ1n) is 35.9. The van der Waals surface area contributed by atoms with Crippen LogP contribution in [0.1, 0.15) is 329 Å². The Bertz CT molecular complexity index is 1730. The Morgan fingerprint density at radius 2 is 0.753 bits per heavy atom. The minimum Gasteiger partial charge on any atom is -0.756 e. The van der Waals surface area contributed by atoms with Crippen LogP contribution in [-0.2, 0) is 27.9 Å². The summed E-state index contributed by atoms with van der Waals surface area (Å²) in [6.07, 6.45) is 85.7. The fourth-order valence-corrected chi connectivity index (χ4v) is 11.0. The number of ether oxygens (including phenoxy) is 1. The van der Waals surface area contributed by atoms with E-state index in [2.05, 4.69) is 99.0 Å². The van der Waals surface area contributed by atoms with E-state index in [1.165, 1.54) is 199 Å². The van der Waals surface area contributed by atoms with E-state index in [1.54, 1.807) is 0 Å². The number of likely N-dealkylation sites (N-methyl/N-ethyl adjacent to an activating group) is 1. The van der Waals surface area contributed by atoms with E-state index in [4.69, 9.17) is 13.8 Å². The van der Waals surface area contributed by atoms with Crippen molar-refractivity contribution < 1.29 is 37.3 Å². The molecule has 3 unspecified atom stereocenters. The molecular formula is C75H137N2O7P. The van der Waals surface area contributed by atoms with Crippen LogP contribution in [0, 0.1) is 0 Å². The van der Waals surface area contributed by atoms with Gasteiger partial charge in [0.25, 0.3) is 7.82 Å². The second kappa shape index (κ2) is 64.2. The summed E-state index contributed by atoms with van der Waals surface area (Å²) in [4.78, 5) is 40.2. The lowest BCUT2D eigenvalue weighted by Crippen LogP contribution is -2.47. The third-order valence-corrected chi connectivity index (χ3v) is 16.8. The van der Waals surface area contributed by atoms with E-state index < -0.39 is 26.6 Å². The highest BCUT2D eigenvalue weighted by molar-refractivity contribution is 7.45. The maximum atomic E-state index is 13.6. The average Bonchev–Trinajstić information content (AvgIpc) is 3.50. The Labute approximate surface area is 526 Å². The smallest absolute Gasteiger partial charge is 0.306 e. The molecule has 0 aromatic carbocycles. The van der Waals surface area contributed by atoms with Crippen molar-refractivity contribution in [1.82, 2.24) is 5.32 Å². The number of rotatable bonds is 65. The topological polar surface area (TPSA) is 114 Å². The quantitative estimate of drug-likeness (QED) is 0.0212. The van der Waals surface area contributed by atoms with Crippen LogP contribution in [0.2, 0.25) is 0 Å². The molecule has 0 radical (unpaired) electrons. The summed E-state index contributed by atoms with van der Waals surface area (Å²) in [5.41, 5.74) is 0. The Balaban J connectivity index is 5.09. The maximum Gasteiger partial charge on any atom is 0.306 e. The number of carbonyl (C=O) groups excluding carboxylic acids is 2. The number of amides is 1. The molecule has 0 spiro atoms. The van der Waals surface area contributed by atoms with Crippen molar-refractivity contribution in [2.45, 2.75) is 341 Å². The van der Waals surface area contributed by atoms with Crippen LogP contribution < -0.4 is 10.2 Å². The predicted octanol–water partition coefficient (Wildman–Crippen LogP) is 22.3. The molecule has 494 valence electrons.